The maximum atomic E-state index is 12.3. The molecule has 23 heavy (non-hydrogen) atoms. The number of aliphatic carboxylic acids is 1. The fourth-order valence-electron chi connectivity index (χ4n) is 2.42. The Labute approximate surface area is 133 Å². The molecule has 1 aromatic carbocycles. The van der Waals surface area contributed by atoms with Crippen LogP contribution in [0.5, 0.6) is 0 Å². The maximum Gasteiger partial charge on any atom is 0.411 e. The van der Waals surface area contributed by atoms with Gasteiger partial charge in [0.15, 0.2) is 0 Å². The van der Waals surface area contributed by atoms with E-state index in [1.54, 1.807) is 30.3 Å². The number of amides is 2. The summed E-state index contributed by atoms with van der Waals surface area (Å²) in [6.45, 7) is 0. The molecule has 1 aliphatic rings. The first kappa shape index (κ1) is 16.5. The predicted octanol–water partition coefficient (Wildman–Crippen LogP) is 2.47. The van der Waals surface area contributed by atoms with Crippen LogP contribution in [0.15, 0.2) is 36.4 Å². The van der Waals surface area contributed by atoms with Gasteiger partial charge in [0.05, 0.1) is 18.9 Å². The first-order valence-electron chi connectivity index (χ1n) is 7.15. The number of methoxy groups -OCH3 is 1. The van der Waals surface area contributed by atoms with E-state index in [0.717, 1.165) is 0 Å². The summed E-state index contributed by atoms with van der Waals surface area (Å²) < 4.78 is 4.48. The van der Waals surface area contributed by atoms with Crippen molar-refractivity contribution < 1.29 is 24.2 Å². The summed E-state index contributed by atoms with van der Waals surface area (Å²) in [5.74, 6) is -2.59. The van der Waals surface area contributed by atoms with E-state index in [1.165, 1.54) is 7.11 Å². The smallest absolute Gasteiger partial charge is 0.411 e. The minimum absolute atomic E-state index is 0.324. The Hall–Kier alpha value is -2.83. The number of carbonyl (C=O) groups is 3. The lowest BCUT2D eigenvalue weighted by Gasteiger charge is -2.24. The van der Waals surface area contributed by atoms with Gasteiger partial charge in [-0.15, -0.1) is 0 Å². The molecule has 2 amide bonds. The van der Waals surface area contributed by atoms with Gasteiger partial charge < -0.3 is 15.2 Å². The Kier molecular flexibility index (Phi) is 5.35. The van der Waals surface area contributed by atoms with Gasteiger partial charge in [0.2, 0.25) is 5.91 Å². The summed E-state index contributed by atoms with van der Waals surface area (Å²) in [6, 6.07) is 6.47. The molecular formula is C16H18N2O5. The standard InChI is InChI=1S/C16H18N2O5/c1-23-16(22)18-11-8-6-10(7-9-11)17-14(19)12-4-2-3-5-13(12)15(20)21/h2-3,6-9,12-13H,4-5H2,1H3,(H,17,19)(H,18,22)(H,20,21)/t12-,13-/m0/s1. The molecule has 0 aliphatic heterocycles. The van der Waals surface area contributed by atoms with Crippen LogP contribution in [0, 0.1) is 11.8 Å². The van der Waals surface area contributed by atoms with Gasteiger partial charge in [-0.1, -0.05) is 12.2 Å². The van der Waals surface area contributed by atoms with Crippen LogP contribution in [0.2, 0.25) is 0 Å². The van der Waals surface area contributed by atoms with Crippen LogP contribution < -0.4 is 10.6 Å². The van der Waals surface area contributed by atoms with E-state index in [1.807, 2.05) is 6.08 Å². The summed E-state index contributed by atoms with van der Waals surface area (Å²) >= 11 is 0. The minimum atomic E-state index is -0.966. The topological polar surface area (TPSA) is 105 Å². The summed E-state index contributed by atoms with van der Waals surface area (Å²) in [4.78, 5) is 34.6. The second kappa shape index (κ2) is 7.44. The van der Waals surface area contributed by atoms with Gasteiger partial charge in [-0.3, -0.25) is 14.9 Å². The largest absolute Gasteiger partial charge is 0.481 e. The highest BCUT2D eigenvalue weighted by molar-refractivity contribution is 5.95. The Balaban J connectivity index is 2.00. The SMILES string of the molecule is COC(=O)Nc1ccc(NC(=O)[C@H]2CC=CC[C@@H]2C(=O)O)cc1. The Bertz CT molecular complexity index is 624. The third kappa shape index (κ3) is 4.32. The van der Waals surface area contributed by atoms with E-state index in [2.05, 4.69) is 15.4 Å². The number of benzene rings is 1. The van der Waals surface area contributed by atoms with Crippen molar-refractivity contribution in [1.82, 2.24) is 0 Å². The van der Waals surface area contributed by atoms with E-state index in [4.69, 9.17) is 0 Å². The Morgan fingerprint density at radius 3 is 2.04 bits per heavy atom. The quantitative estimate of drug-likeness (QED) is 0.740. The molecule has 0 aromatic heterocycles. The van der Waals surface area contributed by atoms with Crippen molar-refractivity contribution in [3.05, 3.63) is 36.4 Å². The fourth-order valence-corrected chi connectivity index (χ4v) is 2.42. The number of rotatable bonds is 4. The highest BCUT2D eigenvalue weighted by Gasteiger charge is 2.33. The molecule has 2 atom stereocenters. The van der Waals surface area contributed by atoms with Crippen molar-refractivity contribution in [1.29, 1.82) is 0 Å². The molecule has 122 valence electrons. The van der Waals surface area contributed by atoms with Crippen LogP contribution >= 0.6 is 0 Å². The van der Waals surface area contributed by atoms with Gasteiger partial charge in [0.1, 0.15) is 0 Å². The lowest BCUT2D eigenvalue weighted by Crippen LogP contribution is -2.34. The first-order valence-corrected chi connectivity index (χ1v) is 7.15. The lowest BCUT2D eigenvalue weighted by atomic mass is 9.82. The molecule has 1 aliphatic carbocycles. The first-order chi connectivity index (χ1) is 11.0. The zero-order valence-electron chi connectivity index (χ0n) is 12.6. The summed E-state index contributed by atoms with van der Waals surface area (Å²) in [5.41, 5.74) is 1.06. The number of allylic oxidation sites excluding steroid dienone is 2. The van der Waals surface area contributed by atoms with E-state index in [0.29, 0.717) is 24.2 Å². The predicted molar refractivity (Wildman–Crippen MR) is 84.1 cm³/mol. The van der Waals surface area contributed by atoms with Gasteiger partial charge in [-0.25, -0.2) is 4.79 Å². The van der Waals surface area contributed by atoms with Gasteiger partial charge in [-0.2, -0.15) is 0 Å². The van der Waals surface area contributed by atoms with Crippen molar-refractivity contribution >= 4 is 29.3 Å². The fraction of sp³-hybridized carbons (Fsp3) is 0.312. The van der Waals surface area contributed by atoms with Gasteiger partial charge in [-0.05, 0) is 37.1 Å². The Morgan fingerprint density at radius 2 is 1.52 bits per heavy atom. The van der Waals surface area contributed by atoms with Crippen LogP contribution in [0.1, 0.15) is 12.8 Å². The number of carbonyl (C=O) groups excluding carboxylic acids is 2. The molecule has 0 bridgehead atoms. The molecule has 0 saturated carbocycles. The average Bonchev–Trinajstić information content (AvgIpc) is 2.56. The molecule has 0 fully saturated rings. The highest BCUT2D eigenvalue weighted by atomic mass is 16.5. The van der Waals surface area contributed by atoms with Crippen LogP contribution in [0.25, 0.3) is 0 Å². The number of carboxylic acids is 1. The number of hydrogen-bond acceptors (Lipinski definition) is 4. The summed E-state index contributed by atoms with van der Waals surface area (Å²) in [5, 5.41) is 14.4. The molecule has 0 heterocycles. The van der Waals surface area contributed by atoms with Crippen LogP contribution in [0.4, 0.5) is 16.2 Å². The Morgan fingerprint density at radius 1 is 1.00 bits per heavy atom. The number of ether oxygens (including phenoxy) is 1. The zero-order chi connectivity index (χ0) is 16.8. The number of nitrogens with one attached hydrogen (secondary N) is 2. The molecule has 1 aromatic rings. The summed E-state index contributed by atoms with van der Waals surface area (Å²) in [7, 11) is 1.27. The van der Waals surface area contributed by atoms with Gasteiger partial charge in [0, 0.05) is 11.4 Å². The second-order valence-electron chi connectivity index (χ2n) is 5.18. The third-order valence-corrected chi connectivity index (χ3v) is 3.67. The molecule has 0 spiro atoms. The third-order valence-electron chi connectivity index (χ3n) is 3.67. The maximum absolute atomic E-state index is 12.3. The van der Waals surface area contributed by atoms with Gasteiger partial charge >= 0.3 is 12.1 Å². The van der Waals surface area contributed by atoms with Crippen LogP contribution in [-0.4, -0.2) is 30.2 Å². The molecule has 2 rings (SSSR count). The normalized spacial score (nSPS) is 19.7. The van der Waals surface area contributed by atoms with E-state index in [-0.39, 0.29) is 5.91 Å². The van der Waals surface area contributed by atoms with Crippen LogP contribution in [-0.2, 0) is 14.3 Å². The molecule has 7 heteroatoms. The number of carboxylic acid groups (broad SMARTS) is 1. The molecule has 7 nitrogen and oxygen atoms in total. The molecule has 3 N–H and O–H groups in total. The van der Waals surface area contributed by atoms with E-state index >= 15 is 0 Å². The second-order valence-corrected chi connectivity index (χ2v) is 5.18. The molecule has 0 saturated heterocycles. The zero-order valence-corrected chi connectivity index (χ0v) is 12.6. The lowest BCUT2D eigenvalue weighted by molar-refractivity contribution is -0.146. The van der Waals surface area contributed by atoms with E-state index < -0.39 is 23.9 Å². The highest BCUT2D eigenvalue weighted by Crippen LogP contribution is 2.27. The van der Waals surface area contributed by atoms with Crippen molar-refractivity contribution in [2.75, 3.05) is 17.7 Å². The summed E-state index contributed by atoms with van der Waals surface area (Å²) in [6.07, 6.45) is 3.79. The van der Waals surface area contributed by atoms with Crippen molar-refractivity contribution in [2.24, 2.45) is 11.8 Å². The average molecular weight is 318 g/mol. The number of anilines is 2. The molecule has 0 unspecified atom stereocenters. The molecular weight excluding hydrogens is 300 g/mol. The van der Waals surface area contributed by atoms with Crippen molar-refractivity contribution in [2.45, 2.75) is 12.8 Å². The van der Waals surface area contributed by atoms with Crippen LogP contribution in [0.3, 0.4) is 0 Å². The van der Waals surface area contributed by atoms with Crippen molar-refractivity contribution in [3.63, 3.8) is 0 Å². The van der Waals surface area contributed by atoms with E-state index in [9.17, 15) is 19.5 Å². The number of hydrogen-bond donors (Lipinski definition) is 3. The molecule has 0 radical (unpaired) electrons. The monoisotopic (exact) mass is 318 g/mol. The van der Waals surface area contributed by atoms with Crippen molar-refractivity contribution in [3.8, 4) is 0 Å². The van der Waals surface area contributed by atoms with Gasteiger partial charge in [0.25, 0.3) is 0 Å². The minimum Gasteiger partial charge on any atom is -0.481 e.